The number of methoxy groups -OCH3 is 1. The fourth-order valence-corrected chi connectivity index (χ4v) is 2.81. The summed E-state index contributed by atoms with van der Waals surface area (Å²) >= 11 is 0. The molecule has 0 bridgehead atoms. The third-order valence-corrected chi connectivity index (χ3v) is 4.07. The van der Waals surface area contributed by atoms with Crippen molar-refractivity contribution in [3.8, 4) is 0 Å². The largest absolute Gasteiger partial charge is 1.00 e. The number of rotatable bonds is 3. The van der Waals surface area contributed by atoms with E-state index in [4.69, 9.17) is 4.74 Å². The monoisotopic (exact) mass is 457 g/mol. The first-order chi connectivity index (χ1) is 14.5. The third-order valence-electron chi connectivity index (χ3n) is 4.07. The Labute approximate surface area is 231 Å². The molecule has 170 valence electrons. The number of benzene rings is 1. The number of fused-ring (bicyclic) bond motifs is 1. The Kier molecular flexibility index (Phi) is 20.6. The van der Waals surface area contributed by atoms with Crippen LogP contribution in [0.4, 0.5) is 10.5 Å². The maximum absolute atomic E-state index is 11.5. The van der Waals surface area contributed by atoms with Crippen LogP contribution in [-0.2, 0) is 24.4 Å². The average Bonchev–Trinajstić information content (AvgIpc) is 3.10. The summed E-state index contributed by atoms with van der Waals surface area (Å²) in [4.78, 5) is 17.6. The van der Waals surface area contributed by atoms with Gasteiger partial charge in [-0.15, -0.1) is 12.7 Å². The van der Waals surface area contributed by atoms with Gasteiger partial charge >= 0.3 is 57.5 Å². The number of carbonyl (C=O) groups excluding carboxylic acids is 1. The molecule has 3 rings (SSSR count). The van der Waals surface area contributed by atoms with Gasteiger partial charge in [-0.05, 0) is 14.0 Å². The zero-order valence-corrected chi connectivity index (χ0v) is 24.2. The summed E-state index contributed by atoms with van der Waals surface area (Å²) in [5.41, 5.74) is 3.24. The van der Waals surface area contributed by atoms with E-state index in [1.165, 1.54) is 19.2 Å². The number of hydrogen-bond acceptors (Lipinski definition) is 4. The summed E-state index contributed by atoms with van der Waals surface area (Å²) in [6.45, 7) is 12.2. The van der Waals surface area contributed by atoms with Gasteiger partial charge < -0.3 is 24.8 Å². The first kappa shape index (κ1) is 32.3. The van der Waals surface area contributed by atoms with Crippen LogP contribution in [0.5, 0.6) is 0 Å². The van der Waals surface area contributed by atoms with Gasteiger partial charge in [-0.25, -0.2) is 9.78 Å². The fraction of sp³-hybridized carbons (Fsp3) is 0.565. The molecular formula is C23H40KN5O2. The molecule has 1 aliphatic rings. The smallest absolute Gasteiger partial charge is 0.687 e. The van der Waals surface area contributed by atoms with Crippen molar-refractivity contribution in [2.45, 2.75) is 60.7 Å². The molecule has 7 nitrogen and oxygen atoms in total. The Morgan fingerprint density at radius 1 is 1.23 bits per heavy atom. The van der Waals surface area contributed by atoms with E-state index >= 15 is 0 Å². The number of amides is 1. The molecule has 0 aliphatic carbocycles. The van der Waals surface area contributed by atoms with E-state index in [9.17, 15) is 4.79 Å². The van der Waals surface area contributed by atoms with Gasteiger partial charge in [0.05, 0.1) is 26.0 Å². The number of carbonyl (C=O) groups is 1. The molecule has 0 saturated heterocycles. The standard InChI is InChI=1S/C11H18N4O2.C7H8N.C3H8.C2H6.K/c1-8-13-9-6-14(11(16)17-3)5-4-10(9)15(8)7-12-2;1-8-7-5-3-2-4-6-7;1-3-2;1-2;/h12H,4-7H2,1-3H3;2-6H,1H3;3H2,1-2H3;1-2H3;/q;-1;;;+1. The van der Waals surface area contributed by atoms with Crippen LogP contribution >= 0.6 is 0 Å². The number of hydrogen-bond donors (Lipinski definition) is 1. The average molecular weight is 458 g/mol. The number of aryl methyl sites for hydroxylation is 1. The summed E-state index contributed by atoms with van der Waals surface area (Å²) in [5.74, 6) is 0.982. The van der Waals surface area contributed by atoms with E-state index in [1.807, 2.05) is 58.2 Å². The molecule has 1 aromatic heterocycles. The van der Waals surface area contributed by atoms with E-state index in [0.29, 0.717) is 13.1 Å². The molecule has 0 fully saturated rings. The van der Waals surface area contributed by atoms with E-state index in [2.05, 4.69) is 34.0 Å². The molecule has 1 aliphatic heterocycles. The third kappa shape index (κ3) is 11.5. The second kappa shape index (κ2) is 19.8. The van der Waals surface area contributed by atoms with Crippen molar-refractivity contribution < 1.29 is 60.9 Å². The topological polar surface area (TPSA) is 73.5 Å². The summed E-state index contributed by atoms with van der Waals surface area (Å²) in [7, 11) is 5.10. The van der Waals surface area contributed by atoms with Crippen LogP contribution in [0.25, 0.3) is 5.32 Å². The molecule has 1 aromatic carbocycles. The summed E-state index contributed by atoms with van der Waals surface area (Å²) < 4.78 is 6.89. The maximum atomic E-state index is 11.5. The second-order valence-corrected chi connectivity index (χ2v) is 6.40. The molecule has 0 radical (unpaired) electrons. The Balaban J connectivity index is 0. The van der Waals surface area contributed by atoms with Crippen LogP contribution < -0.4 is 56.7 Å². The Morgan fingerprint density at radius 3 is 2.26 bits per heavy atom. The van der Waals surface area contributed by atoms with Crippen molar-refractivity contribution in [1.82, 2.24) is 19.8 Å². The Bertz CT molecular complexity index is 707. The number of nitrogens with one attached hydrogen (secondary N) is 1. The van der Waals surface area contributed by atoms with Crippen LogP contribution in [0.3, 0.4) is 0 Å². The summed E-state index contributed by atoms with van der Waals surface area (Å²) in [5, 5.41) is 7.09. The van der Waals surface area contributed by atoms with Gasteiger partial charge in [0, 0.05) is 18.7 Å². The molecule has 2 aromatic rings. The molecule has 31 heavy (non-hydrogen) atoms. The van der Waals surface area contributed by atoms with Crippen molar-refractivity contribution in [3.05, 3.63) is 52.9 Å². The molecule has 0 saturated carbocycles. The zero-order chi connectivity index (χ0) is 22.9. The number of para-hydroxylation sites is 1. The molecule has 8 heteroatoms. The minimum Gasteiger partial charge on any atom is -0.687 e. The minimum absolute atomic E-state index is 0. The molecule has 0 atom stereocenters. The molecule has 1 amide bonds. The second-order valence-electron chi connectivity index (χ2n) is 6.40. The summed E-state index contributed by atoms with van der Waals surface area (Å²) in [6, 6.07) is 9.87. The molecule has 0 spiro atoms. The normalized spacial score (nSPS) is 11.0. The molecule has 0 unspecified atom stereocenters. The van der Waals surface area contributed by atoms with Crippen molar-refractivity contribution in [3.63, 3.8) is 0 Å². The van der Waals surface area contributed by atoms with Crippen LogP contribution in [0.15, 0.2) is 30.3 Å². The van der Waals surface area contributed by atoms with Gasteiger partial charge in [0.2, 0.25) is 0 Å². The van der Waals surface area contributed by atoms with Crippen molar-refractivity contribution >= 4 is 11.8 Å². The van der Waals surface area contributed by atoms with Crippen LogP contribution in [0.2, 0.25) is 0 Å². The quantitative estimate of drug-likeness (QED) is 0.718. The van der Waals surface area contributed by atoms with Crippen molar-refractivity contribution in [2.75, 3.05) is 27.7 Å². The van der Waals surface area contributed by atoms with Gasteiger partial charge in [-0.1, -0.05) is 64.4 Å². The van der Waals surface area contributed by atoms with Crippen LogP contribution in [0.1, 0.15) is 51.3 Å². The molecular weight excluding hydrogens is 417 g/mol. The van der Waals surface area contributed by atoms with Gasteiger partial charge in [0.15, 0.2) is 0 Å². The predicted octanol–water partition coefficient (Wildman–Crippen LogP) is 2.26. The van der Waals surface area contributed by atoms with Crippen LogP contribution in [-0.4, -0.2) is 48.3 Å². The number of imidazole rings is 1. The van der Waals surface area contributed by atoms with E-state index in [1.54, 1.807) is 11.9 Å². The first-order valence-electron chi connectivity index (χ1n) is 10.7. The molecule has 2 heterocycles. The van der Waals surface area contributed by atoms with Gasteiger partial charge in [0.25, 0.3) is 0 Å². The van der Waals surface area contributed by atoms with Crippen molar-refractivity contribution in [2.24, 2.45) is 0 Å². The van der Waals surface area contributed by atoms with Gasteiger partial charge in [-0.3, -0.25) is 0 Å². The zero-order valence-electron chi connectivity index (χ0n) is 21.0. The van der Waals surface area contributed by atoms with Gasteiger partial charge in [0.1, 0.15) is 5.82 Å². The Morgan fingerprint density at radius 2 is 1.81 bits per heavy atom. The number of nitrogens with zero attached hydrogens (tertiary/aromatic N) is 4. The first-order valence-corrected chi connectivity index (χ1v) is 10.7. The fourth-order valence-electron chi connectivity index (χ4n) is 2.81. The van der Waals surface area contributed by atoms with E-state index < -0.39 is 0 Å². The van der Waals surface area contributed by atoms with Crippen molar-refractivity contribution in [1.29, 1.82) is 0 Å². The van der Waals surface area contributed by atoms with E-state index in [0.717, 1.165) is 30.3 Å². The molecule has 1 N–H and O–H groups in total. The summed E-state index contributed by atoms with van der Waals surface area (Å²) in [6.07, 6.45) is 1.80. The maximum Gasteiger partial charge on any atom is 1.00 e. The van der Waals surface area contributed by atoms with E-state index in [-0.39, 0.29) is 57.5 Å². The van der Waals surface area contributed by atoms with Crippen LogP contribution in [0, 0.1) is 6.92 Å². The van der Waals surface area contributed by atoms with Gasteiger partial charge in [-0.2, -0.15) is 0 Å². The SMILES string of the molecule is CC.CCC.CNCn1c(C)nc2c1CCN(C(=O)OC)C2.C[N-]c1ccccc1.[K+]. The Hall–Kier alpha value is -0.904. The number of ether oxygens (including phenoxy) is 1. The predicted molar refractivity (Wildman–Crippen MR) is 125 cm³/mol. The number of aromatic nitrogens is 2. The minimum atomic E-state index is -0.281.